The van der Waals surface area contributed by atoms with Crippen LogP contribution in [-0.2, 0) is 6.54 Å². The highest BCUT2D eigenvalue weighted by Crippen LogP contribution is 2.24. The summed E-state index contributed by atoms with van der Waals surface area (Å²) in [5.74, 6) is 6.05. The van der Waals surface area contributed by atoms with Crippen molar-refractivity contribution in [3.05, 3.63) is 21.9 Å². The van der Waals surface area contributed by atoms with Gasteiger partial charge in [0.15, 0.2) is 0 Å². The molecule has 2 nitrogen and oxygen atoms in total. The van der Waals surface area contributed by atoms with E-state index < -0.39 is 0 Å². The monoisotopic (exact) mass is 276 g/mol. The highest BCUT2D eigenvalue weighted by molar-refractivity contribution is 7.12. The quantitative estimate of drug-likeness (QED) is 0.859. The first-order valence-corrected chi connectivity index (χ1v) is 8.17. The first-order chi connectivity index (χ1) is 9.33. The van der Waals surface area contributed by atoms with Gasteiger partial charge in [-0.2, -0.15) is 0 Å². The Balaban J connectivity index is 1.99. The summed E-state index contributed by atoms with van der Waals surface area (Å²) < 4.78 is 0. The van der Waals surface area contributed by atoms with Crippen LogP contribution in [0.2, 0.25) is 0 Å². The van der Waals surface area contributed by atoms with Gasteiger partial charge in [-0.05, 0) is 37.9 Å². The van der Waals surface area contributed by atoms with E-state index in [1.165, 1.54) is 43.5 Å². The summed E-state index contributed by atoms with van der Waals surface area (Å²) in [6, 6.07) is 5.12. The Hall–Kier alpha value is -0.820. The van der Waals surface area contributed by atoms with Gasteiger partial charge >= 0.3 is 0 Å². The van der Waals surface area contributed by atoms with Crippen LogP contribution in [0.15, 0.2) is 12.1 Å². The average Bonchev–Trinajstić information content (AvgIpc) is 2.74. The molecule has 0 saturated carbocycles. The number of likely N-dealkylation sites (tertiary alicyclic amines) is 1. The lowest BCUT2D eigenvalue weighted by atomic mass is 10.1. The molecule has 0 bridgehead atoms. The Labute approximate surface area is 121 Å². The van der Waals surface area contributed by atoms with Crippen LogP contribution in [-0.4, -0.2) is 24.0 Å². The van der Waals surface area contributed by atoms with Crippen molar-refractivity contribution in [1.82, 2.24) is 4.90 Å². The van der Waals surface area contributed by atoms with Crippen molar-refractivity contribution in [1.29, 1.82) is 0 Å². The molecule has 2 heterocycles. The number of rotatable bonds is 3. The molecule has 1 aromatic heterocycles. The first kappa shape index (κ1) is 14.6. The van der Waals surface area contributed by atoms with Crippen molar-refractivity contribution in [2.45, 2.75) is 51.6 Å². The van der Waals surface area contributed by atoms with Crippen LogP contribution in [0.25, 0.3) is 0 Å². The van der Waals surface area contributed by atoms with E-state index in [0.717, 1.165) is 17.5 Å². The molecule has 3 heteroatoms. The Kier molecular flexibility index (Phi) is 5.91. The molecule has 1 aliphatic heterocycles. The van der Waals surface area contributed by atoms with E-state index in [4.69, 9.17) is 5.73 Å². The number of thiophene rings is 1. The van der Waals surface area contributed by atoms with Crippen molar-refractivity contribution in [2.75, 3.05) is 13.1 Å². The minimum Gasteiger partial charge on any atom is -0.320 e. The van der Waals surface area contributed by atoms with Gasteiger partial charge in [-0.15, -0.1) is 11.3 Å². The zero-order chi connectivity index (χ0) is 13.5. The highest BCUT2D eigenvalue weighted by Gasteiger charge is 2.19. The normalized spacial score (nSPS) is 20.6. The van der Waals surface area contributed by atoms with Crippen LogP contribution >= 0.6 is 11.3 Å². The molecule has 1 atom stereocenters. The average molecular weight is 276 g/mol. The molecule has 0 amide bonds. The minimum atomic E-state index is 0.442. The molecule has 0 aliphatic carbocycles. The maximum absolute atomic E-state index is 5.41. The second-order valence-electron chi connectivity index (χ2n) is 5.15. The van der Waals surface area contributed by atoms with Gasteiger partial charge in [-0.1, -0.05) is 31.6 Å². The summed E-state index contributed by atoms with van der Waals surface area (Å²) in [5.41, 5.74) is 5.41. The molecule has 0 aromatic carbocycles. The van der Waals surface area contributed by atoms with Crippen LogP contribution in [0.5, 0.6) is 0 Å². The Morgan fingerprint density at radius 1 is 1.37 bits per heavy atom. The van der Waals surface area contributed by atoms with E-state index in [2.05, 4.69) is 35.8 Å². The smallest absolute Gasteiger partial charge is 0.0772 e. The molecule has 1 aromatic rings. The SMILES string of the molecule is CCC1CCCCCN1Cc1ccc(C#CCN)s1. The van der Waals surface area contributed by atoms with E-state index in [-0.39, 0.29) is 0 Å². The van der Waals surface area contributed by atoms with Gasteiger partial charge in [0, 0.05) is 17.5 Å². The third-order valence-electron chi connectivity index (χ3n) is 3.80. The number of nitrogens with two attached hydrogens (primary N) is 1. The maximum atomic E-state index is 5.41. The highest BCUT2D eigenvalue weighted by atomic mass is 32.1. The predicted molar refractivity (Wildman–Crippen MR) is 83.2 cm³/mol. The van der Waals surface area contributed by atoms with Crippen LogP contribution in [0.1, 0.15) is 48.8 Å². The predicted octanol–water partition coefficient (Wildman–Crippen LogP) is 3.21. The lowest BCUT2D eigenvalue weighted by Gasteiger charge is -2.28. The number of hydrogen-bond donors (Lipinski definition) is 1. The van der Waals surface area contributed by atoms with Crippen molar-refractivity contribution >= 4 is 11.3 Å². The molecular weight excluding hydrogens is 252 g/mol. The van der Waals surface area contributed by atoms with Gasteiger partial charge in [-0.25, -0.2) is 0 Å². The molecule has 19 heavy (non-hydrogen) atoms. The van der Waals surface area contributed by atoms with Gasteiger partial charge in [0.25, 0.3) is 0 Å². The number of nitrogens with zero attached hydrogens (tertiary/aromatic N) is 1. The third-order valence-corrected chi connectivity index (χ3v) is 4.79. The lowest BCUT2D eigenvalue weighted by Crippen LogP contribution is -2.33. The summed E-state index contributed by atoms with van der Waals surface area (Å²) in [7, 11) is 0. The second-order valence-corrected chi connectivity index (χ2v) is 6.32. The van der Waals surface area contributed by atoms with E-state index in [1.807, 2.05) is 11.3 Å². The molecule has 0 spiro atoms. The molecule has 1 saturated heterocycles. The largest absolute Gasteiger partial charge is 0.320 e. The van der Waals surface area contributed by atoms with E-state index in [9.17, 15) is 0 Å². The topological polar surface area (TPSA) is 29.3 Å². The minimum absolute atomic E-state index is 0.442. The molecule has 2 rings (SSSR count). The van der Waals surface area contributed by atoms with Crippen molar-refractivity contribution < 1.29 is 0 Å². The van der Waals surface area contributed by atoms with Gasteiger partial charge < -0.3 is 5.73 Å². The molecule has 1 fully saturated rings. The summed E-state index contributed by atoms with van der Waals surface area (Å²) >= 11 is 1.81. The van der Waals surface area contributed by atoms with Crippen molar-refractivity contribution in [3.8, 4) is 11.8 Å². The molecular formula is C16H24N2S. The molecule has 104 valence electrons. The fourth-order valence-electron chi connectivity index (χ4n) is 2.78. The standard InChI is InChI=1S/C16H24N2S/c1-2-14-7-4-3-5-12-18(14)13-16-10-9-15(19-16)8-6-11-17/h9-10,14H,2-5,7,11-13,17H2,1H3. The van der Waals surface area contributed by atoms with Crippen LogP contribution in [0.3, 0.4) is 0 Å². The summed E-state index contributed by atoms with van der Waals surface area (Å²) in [4.78, 5) is 5.24. The van der Waals surface area contributed by atoms with Crippen molar-refractivity contribution in [2.24, 2.45) is 5.73 Å². The molecule has 1 unspecified atom stereocenters. The zero-order valence-electron chi connectivity index (χ0n) is 11.8. The maximum Gasteiger partial charge on any atom is 0.0772 e. The van der Waals surface area contributed by atoms with Crippen LogP contribution in [0, 0.1) is 11.8 Å². The Bertz CT molecular complexity index is 441. The number of hydrogen-bond acceptors (Lipinski definition) is 3. The molecule has 0 radical (unpaired) electrons. The van der Waals surface area contributed by atoms with E-state index in [1.54, 1.807) is 0 Å². The fraction of sp³-hybridized carbons (Fsp3) is 0.625. The fourth-order valence-corrected chi connectivity index (χ4v) is 3.68. The van der Waals surface area contributed by atoms with Gasteiger partial charge in [0.2, 0.25) is 0 Å². The summed E-state index contributed by atoms with van der Waals surface area (Å²) in [6.45, 7) is 5.10. The van der Waals surface area contributed by atoms with Gasteiger partial charge in [0.1, 0.15) is 0 Å². The Morgan fingerprint density at radius 3 is 3.05 bits per heavy atom. The molecule has 2 N–H and O–H groups in total. The van der Waals surface area contributed by atoms with E-state index in [0.29, 0.717) is 6.54 Å². The second kappa shape index (κ2) is 7.69. The summed E-state index contributed by atoms with van der Waals surface area (Å²) in [6.07, 6.45) is 6.77. The summed E-state index contributed by atoms with van der Waals surface area (Å²) in [5, 5.41) is 0. The van der Waals surface area contributed by atoms with Crippen molar-refractivity contribution in [3.63, 3.8) is 0 Å². The van der Waals surface area contributed by atoms with Gasteiger partial charge in [0.05, 0.1) is 11.4 Å². The first-order valence-electron chi connectivity index (χ1n) is 7.35. The third kappa shape index (κ3) is 4.35. The Morgan fingerprint density at radius 2 is 2.26 bits per heavy atom. The lowest BCUT2D eigenvalue weighted by molar-refractivity contribution is 0.188. The van der Waals surface area contributed by atoms with Crippen LogP contribution < -0.4 is 5.73 Å². The van der Waals surface area contributed by atoms with Crippen LogP contribution in [0.4, 0.5) is 0 Å². The van der Waals surface area contributed by atoms with Gasteiger partial charge in [-0.3, -0.25) is 4.90 Å². The van der Waals surface area contributed by atoms with E-state index >= 15 is 0 Å². The molecule has 1 aliphatic rings. The zero-order valence-corrected chi connectivity index (χ0v) is 12.6.